The smallest absolute Gasteiger partial charge is 0.222 e. The highest BCUT2D eigenvalue weighted by molar-refractivity contribution is 5.76. The van der Waals surface area contributed by atoms with E-state index in [1.165, 1.54) is 25.7 Å². The van der Waals surface area contributed by atoms with E-state index in [2.05, 4.69) is 13.8 Å². The van der Waals surface area contributed by atoms with Crippen LogP contribution in [0.5, 0.6) is 0 Å². The van der Waals surface area contributed by atoms with Gasteiger partial charge in [0, 0.05) is 31.5 Å². The molecule has 0 spiro atoms. The summed E-state index contributed by atoms with van der Waals surface area (Å²) in [5.41, 5.74) is 0.0933. The first-order valence-corrected chi connectivity index (χ1v) is 7.84. The lowest BCUT2D eigenvalue weighted by molar-refractivity contribution is -0.164. The lowest BCUT2D eigenvalue weighted by atomic mass is 9.63. The molecule has 2 atom stereocenters. The zero-order valence-corrected chi connectivity index (χ0v) is 12.9. The first-order chi connectivity index (χ1) is 8.96. The van der Waals surface area contributed by atoms with Crippen LogP contribution in [-0.2, 0) is 9.53 Å². The molecule has 0 aliphatic heterocycles. The Morgan fingerprint density at radius 3 is 2.47 bits per heavy atom. The van der Waals surface area contributed by atoms with Gasteiger partial charge in [0.05, 0.1) is 6.10 Å². The summed E-state index contributed by atoms with van der Waals surface area (Å²) in [6.45, 7) is 7.25. The Hall–Kier alpha value is -0.570. The highest BCUT2D eigenvalue weighted by Gasteiger charge is 2.51. The number of carbonyl (C=O) groups is 1. The number of nitrogens with zero attached hydrogens (tertiary/aromatic N) is 1. The highest BCUT2D eigenvalue weighted by Crippen LogP contribution is 2.45. The van der Waals surface area contributed by atoms with E-state index in [1.807, 2.05) is 18.9 Å². The summed E-state index contributed by atoms with van der Waals surface area (Å²) in [6, 6.07) is 0.345. The van der Waals surface area contributed by atoms with Gasteiger partial charge in [-0.2, -0.15) is 0 Å². The Morgan fingerprint density at radius 2 is 1.95 bits per heavy atom. The first kappa shape index (κ1) is 14.8. The zero-order chi connectivity index (χ0) is 14.0. The Bertz CT molecular complexity index is 321. The Kier molecular flexibility index (Phi) is 4.54. The molecule has 0 aromatic heterocycles. The molecule has 2 fully saturated rings. The van der Waals surface area contributed by atoms with E-state index in [9.17, 15) is 4.79 Å². The van der Waals surface area contributed by atoms with Gasteiger partial charge < -0.3 is 9.64 Å². The lowest BCUT2D eigenvalue weighted by Crippen LogP contribution is -2.62. The van der Waals surface area contributed by atoms with Crippen molar-refractivity contribution in [3.05, 3.63) is 0 Å². The number of rotatable bonds is 5. The predicted molar refractivity (Wildman–Crippen MR) is 76.9 cm³/mol. The minimum atomic E-state index is 0.0933. The summed E-state index contributed by atoms with van der Waals surface area (Å²) in [5, 5.41) is 0. The molecule has 2 aliphatic rings. The number of amides is 1. The van der Waals surface area contributed by atoms with Crippen LogP contribution in [0.15, 0.2) is 0 Å². The molecule has 0 bridgehead atoms. The monoisotopic (exact) mass is 267 g/mol. The molecule has 2 rings (SSSR count). The van der Waals surface area contributed by atoms with Gasteiger partial charge in [-0.05, 0) is 32.1 Å². The van der Waals surface area contributed by atoms with Crippen LogP contribution in [0.2, 0.25) is 0 Å². The molecule has 0 aromatic rings. The van der Waals surface area contributed by atoms with E-state index in [0.29, 0.717) is 24.0 Å². The summed E-state index contributed by atoms with van der Waals surface area (Å²) in [6.07, 6.45) is 7.16. The SMILES string of the molecule is CCO[C@@H]1C[C@H](N(C)C(=O)CC2CCCC2)C1(C)C. The summed E-state index contributed by atoms with van der Waals surface area (Å²) in [7, 11) is 1.98. The summed E-state index contributed by atoms with van der Waals surface area (Å²) < 4.78 is 5.75. The molecule has 0 radical (unpaired) electrons. The fourth-order valence-corrected chi connectivity index (χ4v) is 3.78. The average Bonchev–Trinajstić information content (AvgIpc) is 2.86. The van der Waals surface area contributed by atoms with E-state index < -0.39 is 0 Å². The van der Waals surface area contributed by atoms with Crippen molar-refractivity contribution in [1.82, 2.24) is 4.90 Å². The second-order valence-electron chi connectivity index (χ2n) is 6.88. The summed E-state index contributed by atoms with van der Waals surface area (Å²) in [5.74, 6) is 0.973. The van der Waals surface area contributed by atoms with Gasteiger partial charge in [-0.3, -0.25) is 4.79 Å². The van der Waals surface area contributed by atoms with Crippen LogP contribution in [0.3, 0.4) is 0 Å². The molecular weight excluding hydrogens is 238 g/mol. The molecule has 0 heterocycles. The molecular formula is C16H29NO2. The van der Waals surface area contributed by atoms with Gasteiger partial charge in [-0.1, -0.05) is 26.7 Å². The lowest BCUT2D eigenvalue weighted by Gasteiger charge is -2.55. The van der Waals surface area contributed by atoms with Crippen LogP contribution >= 0.6 is 0 Å². The number of hydrogen-bond acceptors (Lipinski definition) is 2. The van der Waals surface area contributed by atoms with E-state index >= 15 is 0 Å². The van der Waals surface area contributed by atoms with Gasteiger partial charge in [0.1, 0.15) is 0 Å². The summed E-state index contributed by atoms with van der Waals surface area (Å²) in [4.78, 5) is 14.4. The number of hydrogen-bond donors (Lipinski definition) is 0. The van der Waals surface area contributed by atoms with Crippen LogP contribution in [0.4, 0.5) is 0 Å². The molecule has 0 unspecified atom stereocenters. The molecule has 0 saturated heterocycles. The molecule has 0 N–H and O–H groups in total. The Balaban J connectivity index is 1.86. The first-order valence-electron chi connectivity index (χ1n) is 7.84. The molecule has 0 aromatic carbocycles. The van der Waals surface area contributed by atoms with Gasteiger partial charge in [-0.25, -0.2) is 0 Å². The average molecular weight is 267 g/mol. The van der Waals surface area contributed by atoms with E-state index in [4.69, 9.17) is 4.74 Å². The third-order valence-electron chi connectivity index (χ3n) is 5.29. The van der Waals surface area contributed by atoms with Gasteiger partial charge in [-0.15, -0.1) is 0 Å². The van der Waals surface area contributed by atoms with Crippen LogP contribution in [-0.4, -0.2) is 36.6 Å². The van der Waals surface area contributed by atoms with Gasteiger partial charge in [0.15, 0.2) is 0 Å². The van der Waals surface area contributed by atoms with Gasteiger partial charge >= 0.3 is 0 Å². The zero-order valence-electron chi connectivity index (χ0n) is 12.9. The Labute approximate surface area is 117 Å². The van der Waals surface area contributed by atoms with E-state index in [0.717, 1.165) is 19.4 Å². The third kappa shape index (κ3) is 2.96. The molecule has 2 aliphatic carbocycles. The summed E-state index contributed by atoms with van der Waals surface area (Å²) >= 11 is 0. The molecule has 2 saturated carbocycles. The minimum absolute atomic E-state index is 0.0933. The normalized spacial score (nSPS) is 30.1. The quantitative estimate of drug-likeness (QED) is 0.765. The van der Waals surface area contributed by atoms with Crippen molar-refractivity contribution in [2.45, 2.75) is 71.4 Å². The predicted octanol–water partition coefficient (Wildman–Crippen LogP) is 3.23. The molecule has 3 heteroatoms. The standard InChI is InChI=1S/C16H29NO2/c1-5-19-14-11-13(16(14,2)3)17(4)15(18)10-12-8-6-7-9-12/h12-14H,5-11H2,1-4H3/t13-,14+/m0/s1. The highest BCUT2D eigenvalue weighted by atomic mass is 16.5. The third-order valence-corrected chi connectivity index (χ3v) is 5.29. The second kappa shape index (κ2) is 5.82. The van der Waals surface area contributed by atoms with Gasteiger partial charge in [0.25, 0.3) is 0 Å². The van der Waals surface area contributed by atoms with E-state index in [-0.39, 0.29) is 5.41 Å². The maximum Gasteiger partial charge on any atom is 0.222 e. The second-order valence-corrected chi connectivity index (χ2v) is 6.88. The molecule has 110 valence electrons. The number of ether oxygens (including phenoxy) is 1. The van der Waals surface area contributed by atoms with Crippen molar-refractivity contribution < 1.29 is 9.53 Å². The van der Waals surface area contributed by atoms with Crippen molar-refractivity contribution in [2.24, 2.45) is 11.3 Å². The molecule has 3 nitrogen and oxygen atoms in total. The Morgan fingerprint density at radius 1 is 1.32 bits per heavy atom. The van der Waals surface area contributed by atoms with Crippen LogP contribution in [0, 0.1) is 11.3 Å². The van der Waals surface area contributed by atoms with Crippen LogP contribution < -0.4 is 0 Å². The topological polar surface area (TPSA) is 29.5 Å². The largest absolute Gasteiger partial charge is 0.378 e. The minimum Gasteiger partial charge on any atom is -0.378 e. The fraction of sp³-hybridized carbons (Fsp3) is 0.938. The van der Waals surface area contributed by atoms with Crippen molar-refractivity contribution in [3.8, 4) is 0 Å². The fourth-order valence-electron chi connectivity index (χ4n) is 3.78. The van der Waals surface area contributed by atoms with Crippen LogP contribution in [0.25, 0.3) is 0 Å². The molecule has 19 heavy (non-hydrogen) atoms. The number of carbonyl (C=O) groups excluding carboxylic acids is 1. The maximum absolute atomic E-state index is 12.4. The van der Waals surface area contributed by atoms with Crippen molar-refractivity contribution in [1.29, 1.82) is 0 Å². The molecule has 1 amide bonds. The van der Waals surface area contributed by atoms with Crippen molar-refractivity contribution in [2.75, 3.05) is 13.7 Å². The van der Waals surface area contributed by atoms with Crippen molar-refractivity contribution >= 4 is 5.91 Å². The van der Waals surface area contributed by atoms with Gasteiger partial charge in [0.2, 0.25) is 5.91 Å². The maximum atomic E-state index is 12.4. The van der Waals surface area contributed by atoms with E-state index in [1.54, 1.807) is 0 Å². The van der Waals surface area contributed by atoms with Crippen LogP contribution in [0.1, 0.15) is 59.3 Å². The van der Waals surface area contributed by atoms with Crippen molar-refractivity contribution in [3.63, 3.8) is 0 Å².